The zero-order chi connectivity index (χ0) is 15.0. The summed E-state index contributed by atoms with van der Waals surface area (Å²) in [6, 6.07) is 9.09. The van der Waals surface area contributed by atoms with E-state index in [0.29, 0.717) is 11.5 Å². The second-order valence-electron chi connectivity index (χ2n) is 5.27. The first-order valence-electron chi connectivity index (χ1n) is 6.84. The lowest BCUT2D eigenvalue weighted by atomic mass is 10.2. The van der Waals surface area contributed by atoms with Crippen LogP contribution in [0.5, 0.6) is 0 Å². The molecule has 0 spiro atoms. The molecule has 3 nitrogen and oxygen atoms in total. The number of aromatic nitrogens is 3. The van der Waals surface area contributed by atoms with Crippen LogP contribution >= 0.6 is 11.8 Å². The van der Waals surface area contributed by atoms with E-state index in [9.17, 15) is 4.39 Å². The minimum atomic E-state index is -0.173. The van der Waals surface area contributed by atoms with E-state index >= 15 is 0 Å². The van der Waals surface area contributed by atoms with Crippen molar-refractivity contribution in [2.45, 2.75) is 36.5 Å². The normalized spacial score (nSPS) is 11.5. The Labute approximate surface area is 127 Å². The summed E-state index contributed by atoms with van der Waals surface area (Å²) in [6.07, 6.45) is 2.01. The molecule has 0 saturated carbocycles. The Hall–Kier alpha value is -1.88. The smallest absolute Gasteiger partial charge is 0.160 e. The third kappa shape index (κ3) is 2.65. The summed E-state index contributed by atoms with van der Waals surface area (Å²) in [7, 11) is 0. The summed E-state index contributed by atoms with van der Waals surface area (Å²) < 4.78 is 15.6. The van der Waals surface area contributed by atoms with Gasteiger partial charge in [-0.1, -0.05) is 31.7 Å². The van der Waals surface area contributed by atoms with Gasteiger partial charge in [0.25, 0.3) is 0 Å². The molecule has 0 aliphatic carbocycles. The van der Waals surface area contributed by atoms with Gasteiger partial charge in [-0.25, -0.2) is 4.39 Å². The van der Waals surface area contributed by atoms with E-state index in [0.717, 1.165) is 21.3 Å². The average molecular weight is 301 g/mol. The highest BCUT2D eigenvalue weighted by molar-refractivity contribution is 7.99. The lowest BCUT2D eigenvalue weighted by molar-refractivity contribution is 0.613. The number of halogens is 1. The molecule has 108 valence electrons. The maximum absolute atomic E-state index is 13.6. The standard InChI is InChI=1S/C16H16FN3S/c1-10(2)16-19-18-15-8-7-12(9-20(15)16)21-14-6-4-5-13(17)11(14)3/h4-10H,1-3H3. The molecule has 0 unspecified atom stereocenters. The van der Waals surface area contributed by atoms with Crippen LogP contribution in [0.1, 0.15) is 31.2 Å². The van der Waals surface area contributed by atoms with Gasteiger partial charge in [0.15, 0.2) is 5.65 Å². The molecule has 0 fully saturated rings. The van der Waals surface area contributed by atoms with Gasteiger partial charge in [-0.3, -0.25) is 4.40 Å². The largest absolute Gasteiger partial charge is 0.285 e. The first kappa shape index (κ1) is 14.1. The minimum Gasteiger partial charge on any atom is -0.285 e. The molecule has 3 aromatic rings. The van der Waals surface area contributed by atoms with E-state index in [1.807, 2.05) is 28.8 Å². The molecule has 21 heavy (non-hydrogen) atoms. The number of hydrogen-bond acceptors (Lipinski definition) is 3. The molecule has 5 heteroatoms. The van der Waals surface area contributed by atoms with E-state index in [1.165, 1.54) is 6.07 Å². The van der Waals surface area contributed by atoms with Gasteiger partial charge in [-0.2, -0.15) is 0 Å². The minimum absolute atomic E-state index is 0.173. The topological polar surface area (TPSA) is 30.2 Å². The Kier molecular flexibility index (Phi) is 3.68. The number of hydrogen-bond donors (Lipinski definition) is 0. The van der Waals surface area contributed by atoms with Crippen LogP contribution in [0.15, 0.2) is 46.3 Å². The van der Waals surface area contributed by atoms with Crippen LogP contribution in [-0.2, 0) is 0 Å². The highest BCUT2D eigenvalue weighted by Gasteiger charge is 2.11. The molecule has 0 aliphatic rings. The Balaban J connectivity index is 2.01. The Morgan fingerprint density at radius 3 is 2.71 bits per heavy atom. The molecule has 0 saturated heterocycles. The molecule has 2 aromatic heterocycles. The first-order chi connectivity index (χ1) is 10.1. The van der Waals surface area contributed by atoms with Crippen molar-refractivity contribution in [1.82, 2.24) is 14.6 Å². The van der Waals surface area contributed by atoms with Crippen molar-refractivity contribution in [1.29, 1.82) is 0 Å². The highest BCUT2D eigenvalue weighted by Crippen LogP contribution is 2.31. The first-order valence-corrected chi connectivity index (χ1v) is 7.65. The fourth-order valence-corrected chi connectivity index (χ4v) is 3.11. The van der Waals surface area contributed by atoms with Crippen molar-refractivity contribution in [3.8, 4) is 0 Å². The molecule has 0 atom stereocenters. The van der Waals surface area contributed by atoms with Crippen molar-refractivity contribution in [3.05, 3.63) is 53.7 Å². The van der Waals surface area contributed by atoms with Crippen LogP contribution in [0.2, 0.25) is 0 Å². The van der Waals surface area contributed by atoms with Gasteiger partial charge in [-0.15, -0.1) is 10.2 Å². The van der Waals surface area contributed by atoms with Gasteiger partial charge in [0.05, 0.1) is 0 Å². The van der Waals surface area contributed by atoms with E-state index in [2.05, 4.69) is 24.0 Å². The molecule has 1 aromatic carbocycles. The lowest BCUT2D eigenvalue weighted by Crippen LogP contribution is -1.97. The maximum atomic E-state index is 13.6. The molecule has 0 amide bonds. The van der Waals surface area contributed by atoms with Crippen molar-refractivity contribution >= 4 is 17.4 Å². The maximum Gasteiger partial charge on any atom is 0.160 e. The monoisotopic (exact) mass is 301 g/mol. The number of benzene rings is 1. The quantitative estimate of drug-likeness (QED) is 0.716. The summed E-state index contributed by atoms with van der Waals surface area (Å²) in [5.74, 6) is 1.06. The van der Waals surface area contributed by atoms with Crippen molar-refractivity contribution in [2.75, 3.05) is 0 Å². The zero-order valence-corrected chi connectivity index (χ0v) is 13.0. The van der Waals surface area contributed by atoms with Gasteiger partial charge in [-0.05, 0) is 36.8 Å². The number of pyridine rings is 1. The van der Waals surface area contributed by atoms with E-state index in [1.54, 1.807) is 24.8 Å². The van der Waals surface area contributed by atoms with Crippen LogP contribution in [0, 0.1) is 12.7 Å². The van der Waals surface area contributed by atoms with Crippen LogP contribution < -0.4 is 0 Å². The summed E-state index contributed by atoms with van der Waals surface area (Å²) in [4.78, 5) is 1.96. The van der Waals surface area contributed by atoms with Crippen LogP contribution in [0.4, 0.5) is 4.39 Å². The molecule has 0 N–H and O–H groups in total. The second-order valence-corrected chi connectivity index (χ2v) is 6.39. The highest BCUT2D eigenvalue weighted by atomic mass is 32.2. The molecule has 0 bridgehead atoms. The van der Waals surface area contributed by atoms with Gasteiger partial charge in [0.1, 0.15) is 11.6 Å². The van der Waals surface area contributed by atoms with Crippen molar-refractivity contribution in [3.63, 3.8) is 0 Å². The summed E-state index contributed by atoms with van der Waals surface area (Å²) in [5.41, 5.74) is 1.51. The van der Waals surface area contributed by atoms with Crippen molar-refractivity contribution < 1.29 is 4.39 Å². The van der Waals surface area contributed by atoms with Crippen LogP contribution in [0.3, 0.4) is 0 Å². The number of fused-ring (bicyclic) bond motifs is 1. The van der Waals surface area contributed by atoms with Gasteiger partial charge in [0.2, 0.25) is 0 Å². The number of nitrogens with zero attached hydrogens (tertiary/aromatic N) is 3. The number of rotatable bonds is 3. The predicted molar refractivity (Wildman–Crippen MR) is 82.3 cm³/mol. The van der Waals surface area contributed by atoms with E-state index in [-0.39, 0.29) is 5.82 Å². The summed E-state index contributed by atoms with van der Waals surface area (Å²) >= 11 is 1.55. The van der Waals surface area contributed by atoms with Crippen molar-refractivity contribution in [2.24, 2.45) is 0 Å². The lowest BCUT2D eigenvalue weighted by Gasteiger charge is -2.08. The van der Waals surface area contributed by atoms with Gasteiger partial charge < -0.3 is 0 Å². The van der Waals surface area contributed by atoms with Gasteiger partial charge >= 0.3 is 0 Å². The fraction of sp³-hybridized carbons (Fsp3) is 0.250. The van der Waals surface area contributed by atoms with Gasteiger partial charge in [0, 0.05) is 21.9 Å². The zero-order valence-electron chi connectivity index (χ0n) is 12.2. The third-order valence-electron chi connectivity index (χ3n) is 3.36. The average Bonchev–Trinajstić information content (AvgIpc) is 2.87. The third-order valence-corrected chi connectivity index (χ3v) is 4.50. The Morgan fingerprint density at radius 2 is 1.95 bits per heavy atom. The summed E-state index contributed by atoms with van der Waals surface area (Å²) in [5, 5.41) is 8.38. The van der Waals surface area contributed by atoms with E-state index in [4.69, 9.17) is 0 Å². The van der Waals surface area contributed by atoms with E-state index < -0.39 is 0 Å². The predicted octanol–water partition coefficient (Wildman–Crippen LogP) is 4.45. The van der Waals surface area contributed by atoms with Crippen LogP contribution in [-0.4, -0.2) is 14.6 Å². The SMILES string of the molecule is Cc1c(F)cccc1Sc1ccc2nnc(C(C)C)n2c1. The molecule has 2 heterocycles. The molecular formula is C16H16FN3S. The Morgan fingerprint density at radius 1 is 1.14 bits per heavy atom. The molecule has 0 aliphatic heterocycles. The molecule has 0 radical (unpaired) electrons. The molecule has 3 rings (SSSR count). The molecular weight excluding hydrogens is 285 g/mol. The summed E-state index contributed by atoms with van der Waals surface area (Å²) in [6.45, 7) is 5.98. The second kappa shape index (κ2) is 5.48. The van der Waals surface area contributed by atoms with Crippen LogP contribution in [0.25, 0.3) is 5.65 Å². The fourth-order valence-electron chi connectivity index (χ4n) is 2.17. The Bertz CT molecular complexity index is 795.